The third kappa shape index (κ3) is 4.35. The number of carbonyl (C=O) groups is 2. The van der Waals surface area contributed by atoms with Crippen LogP contribution < -0.4 is 0 Å². The van der Waals surface area contributed by atoms with Crippen LogP contribution in [0, 0.1) is 17.8 Å². The Kier molecular flexibility index (Phi) is 5.48. The van der Waals surface area contributed by atoms with Gasteiger partial charge in [-0.15, -0.1) is 0 Å². The zero-order valence-corrected chi connectivity index (χ0v) is 13.3. The van der Waals surface area contributed by atoms with Crippen molar-refractivity contribution in [1.29, 1.82) is 0 Å². The van der Waals surface area contributed by atoms with Crippen LogP contribution in [0.1, 0.15) is 46.0 Å². The number of hydrogen-bond donors (Lipinski definition) is 1. The normalized spacial score (nSPS) is 26.4. The first kappa shape index (κ1) is 16.1. The van der Waals surface area contributed by atoms with Gasteiger partial charge in [-0.2, -0.15) is 0 Å². The summed E-state index contributed by atoms with van der Waals surface area (Å²) in [5.74, 6) is 0.870. The topological polar surface area (TPSA) is 60.9 Å². The molecule has 0 radical (unpaired) electrons. The van der Waals surface area contributed by atoms with Gasteiger partial charge in [0.25, 0.3) is 0 Å². The predicted octanol–water partition coefficient (Wildman–Crippen LogP) is 2.66. The molecule has 2 aliphatic heterocycles. The maximum atomic E-state index is 12.6. The van der Waals surface area contributed by atoms with Crippen LogP contribution in [0.3, 0.4) is 0 Å². The quantitative estimate of drug-likeness (QED) is 0.867. The van der Waals surface area contributed by atoms with Gasteiger partial charge < -0.3 is 14.9 Å². The number of urea groups is 1. The van der Waals surface area contributed by atoms with Gasteiger partial charge in [0, 0.05) is 32.6 Å². The lowest BCUT2D eigenvalue weighted by Crippen LogP contribution is -2.47. The molecule has 0 aromatic rings. The number of hydrogen-bond acceptors (Lipinski definition) is 2. The van der Waals surface area contributed by atoms with Crippen molar-refractivity contribution < 1.29 is 14.7 Å². The van der Waals surface area contributed by atoms with Crippen LogP contribution >= 0.6 is 0 Å². The Balaban J connectivity index is 1.83. The van der Waals surface area contributed by atoms with Gasteiger partial charge in [-0.25, -0.2) is 4.79 Å². The van der Waals surface area contributed by atoms with Crippen LogP contribution in [-0.4, -0.2) is 53.1 Å². The van der Waals surface area contributed by atoms with Crippen LogP contribution in [0.2, 0.25) is 0 Å². The summed E-state index contributed by atoms with van der Waals surface area (Å²) in [5, 5.41) is 8.78. The summed E-state index contributed by atoms with van der Waals surface area (Å²) < 4.78 is 0. The Labute approximate surface area is 127 Å². The maximum Gasteiger partial charge on any atom is 0.320 e. The van der Waals surface area contributed by atoms with E-state index < -0.39 is 5.97 Å². The van der Waals surface area contributed by atoms with Gasteiger partial charge in [0.2, 0.25) is 0 Å². The molecule has 2 unspecified atom stereocenters. The monoisotopic (exact) mass is 296 g/mol. The largest absolute Gasteiger partial charge is 0.481 e. The predicted molar refractivity (Wildman–Crippen MR) is 81.1 cm³/mol. The summed E-state index contributed by atoms with van der Waals surface area (Å²) in [5.41, 5.74) is 0. The molecule has 0 saturated carbocycles. The minimum atomic E-state index is -0.738. The number of rotatable bonds is 4. The first-order chi connectivity index (χ1) is 9.97. The average molecular weight is 296 g/mol. The third-order valence-corrected chi connectivity index (χ3v) is 4.99. The average Bonchev–Trinajstić information content (AvgIpc) is 2.94. The molecule has 0 aromatic carbocycles. The van der Waals surface area contributed by atoms with E-state index in [1.165, 1.54) is 0 Å². The molecule has 0 aliphatic carbocycles. The fraction of sp³-hybridized carbons (Fsp3) is 0.875. The second-order valence-corrected chi connectivity index (χ2v) is 6.91. The fourth-order valence-electron chi connectivity index (χ4n) is 3.51. The van der Waals surface area contributed by atoms with Crippen molar-refractivity contribution in [1.82, 2.24) is 9.80 Å². The second-order valence-electron chi connectivity index (χ2n) is 6.91. The summed E-state index contributed by atoms with van der Waals surface area (Å²) in [4.78, 5) is 27.2. The number of likely N-dealkylation sites (tertiary alicyclic amines) is 2. The first-order valence-corrected chi connectivity index (χ1v) is 8.23. The molecule has 5 heteroatoms. The summed E-state index contributed by atoms with van der Waals surface area (Å²) in [6, 6.07) is 0.165. The molecule has 5 nitrogen and oxygen atoms in total. The van der Waals surface area contributed by atoms with Gasteiger partial charge in [-0.05, 0) is 43.4 Å². The molecule has 2 amide bonds. The maximum absolute atomic E-state index is 12.6. The van der Waals surface area contributed by atoms with Crippen LogP contribution in [0.25, 0.3) is 0 Å². The molecule has 0 bridgehead atoms. The lowest BCUT2D eigenvalue weighted by atomic mass is 9.93. The molecular formula is C16H28N2O3. The van der Waals surface area contributed by atoms with Crippen molar-refractivity contribution in [3.05, 3.63) is 0 Å². The summed E-state index contributed by atoms with van der Waals surface area (Å²) in [7, 11) is 0. The van der Waals surface area contributed by atoms with Gasteiger partial charge in [0.05, 0.1) is 0 Å². The smallest absolute Gasteiger partial charge is 0.320 e. The van der Waals surface area contributed by atoms with Crippen molar-refractivity contribution in [3.8, 4) is 0 Å². The van der Waals surface area contributed by atoms with Gasteiger partial charge in [0.15, 0.2) is 0 Å². The highest BCUT2D eigenvalue weighted by Crippen LogP contribution is 2.27. The number of carboxylic acid groups (broad SMARTS) is 1. The van der Waals surface area contributed by atoms with Crippen molar-refractivity contribution in [2.75, 3.05) is 26.2 Å². The number of carboxylic acids is 1. The minimum absolute atomic E-state index is 0.165. The molecule has 0 spiro atoms. The Morgan fingerprint density at radius 2 is 1.86 bits per heavy atom. The summed E-state index contributed by atoms with van der Waals surface area (Å²) >= 11 is 0. The Hall–Kier alpha value is -1.26. The Morgan fingerprint density at radius 1 is 1.14 bits per heavy atom. The number of aliphatic carboxylic acids is 1. The van der Waals surface area contributed by atoms with Crippen molar-refractivity contribution in [2.24, 2.45) is 17.8 Å². The molecule has 2 heterocycles. The van der Waals surface area contributed by atoms with Gasteiger partial charge in [0.1, 0.15) is 0 Å². The van der Waals surface area contributed by atoms with E-state index in [1.807, 2.05) is 9.80 Å². The lowest BCUT2D eigenvalue weighted by Gasteiger charge is -2.35. The third-order valence-electron chi connectivity index (χ3n) is 4.99. The van der Waals surface area contributed by atoms with E-state index in [2.05, 4.69) is 13.8 Å². The van der Waals surface area contributed by atoms with Crippen LogP contribution in [-0.2, 0) is 4.79 Å². The SMILES string of the molecule is CC(C)C1CCN(C(=O)N2CCCC(CCC(=O)O)C2)C1. The molecule has 21 heavy (non-hydrogen) atoms. The van der Waals surface area contributed by atoms with E-state index in [9.17, 15) is 9.59 Å². The van der Waals surface area contributed by atoms with Gasteiger partial charge >= 0.3 is 12.0 Å². The van der Waals surface area contributed by atoms with Crippen LogP contribution in [0.5, 0.6) is 0 Å². The van der Waals surface area contributed by atoms with Crippen LogP contribution in [0.4, 0.5) is 4.79 Å². The van der Waals surface area contributed by atoms with E-state index >= 15 is 0 Å². The molecule has 2 fully saturated rings. The fourth-order valence-corrected chi connectivity index (χ4v) is 3.51. The van der Waals surface area contributed by atoms with Crippen molar-refractivity contribution >= 4 is 12.0 Å². The highest BCUT2D eigenvalue weighted by atomic mass is 16.4. The molecule has 0 aromatic heterocycles. The highest BCUT2D eigenvalue weighted by molar-refractivity contribution is 5.75. The number of nitrogens with zero attached hydrogens (tertiary/aromatic N) is 2. The molecule has 2 rings (SSSR count). The molecule has 2 aliphatic rings. The van der Waals surface area contributed by atoms with Crippen molar-refractivity contribution in [2.45, 2.75) is 46.0 Å². The zero-order valence-electron chi connectivity index (χ0n) is 13.3. The molecule has 2 atom stereocenters. The summed E-state index contributed by atoms with van der Waals surface area (Å²) in [6.07, 6.45) is 4.06. The standard InChI is InChI=1S/C16H28N2O3/c1-12(2)14-7-9-18(11-14)16(21)17-8-3-4-13(10-17)5-6-15(19)20/h12-14H,3-11H2,1-2H3,(H,19,20). The number of piperidine rings is 1. The van der Waals surface area contributed by atoms with E-state index in [0.29, 0.717) is 24.2 Å². The molecule has 2 saturated heterocycles. The zero-order chi connectivity index (χ0) is 15.4. The molecular weight excluding hydrogens is 268 g/mol. The van der Waals surface area contributed by atoms with E-state index in [0.717, 1.165) is 45.4 Å². The number of carbonyl (C=O) groups excluding carboxylic acids is 1. The second kappa shape index (κ2) is 7.14. The lowest BCUT2D eigenvalue weighted by molar-refractivity contribution is -0.137. The molecule has 120 valence electrons. The van der Waals surface area contributed by atoms with Crippen LogP contribution in [0.15, 0.2) is 0 Å². The molecule has 1 N–H and O–H groups in total. The first-order valence-electron chi connectivity index (χ1n) is 8.23. The van der Waals surface area contributed by atoms with Gasteiger partial charge in [-0.3, -0.25) is 4.79 Å². The van der Waals surface area contributed by atoms with E-state index in [-0.39, 0.29) is 12.5 Å². The van der Waals surface area contributed by atoms with Gasteiger partial charge in [-0.1, -0.05) is 13.8 Å². The van der Waals surface area contributed by atoms with Crippen molar-refractivity contribution in [3.63, 3.8) is 0 Å². The Bertz CT molecular complexity index is 384. The highest BCUT2D eigenvalue weighted by Gasteiger charge is 2.32. The Morgan fingerprint density at radius 3 is 2.48 bits per heavy atom. The summed E-state index contributed by atoms with van der Waals surface area (Å²) in [6.45, 7) is 7.76. The van der Waals surface area contributed by atoms with E-state index in [1.54, 1.807) is 0 Å². The minimum Gasteiger partial charge on any atom is -0.481 e. The number of amides is 2. The van der Waals surface area contributed by atoms with E-state index in [4.69, 9.17) is 5.11 Å².